The van der Waals surface area contributed by atoms with Crippen molar-refractivity contribution in [1.82, 2.24) is 4.72 Å². The van der Waals surface area contributed by atoms with E-state index in [9.17, 15) is 4.21 Å². The molecule has 2 nitrogen and oxygen atoms in total. The first-order valence-electron chi connectivity index (χ1n) is 4.44. The fourth-order valence-corrected chi connectivity index (χ4v) is 2.14. The molecule has 0 saturated heterocycles. The molecule has 3 heteroatoms. The van der Waals surface area contributed by atoms with Gasteiger partial charge < -0.3 is 4.72 Å². The van der Waals surface area contributed by atoms with Gasteiger partial charge in [0.2, 0.25) is 0 Å². The van der Waals surface area contributed by atoms with Crippen LogP contribution in [0, 0.1) is 5.92 Å². The first-order valence-corrected chi connectivity index (χ1v) is 5.66. The normalized spacial score (nSPS) is 19.2. The standard InChI is InChI=1S/C9H17NOS/c1-7(2)6-8(3)10-12(11)9-4-5-9/h7,9-10H,3-6H2,1-2H3. The predicted molar refractivity (Wildman–Crippen MR) is 52.9 cm³/mol. The second-order valence-electron chi connectivity index (χ2n) is 3.80. The molecule has 0 aromatic heterocycles. The number of rotatable bonds is 5. The van der Waals surface area contributed by atoms with E-state index >= 15 is 0 Å². The molecule has 0 aromatic rings. The molecule has 1 fully saturated rings. The summed E-state index contributed by atoms with van der Waals surface area (Å²) in [7, 11) is -0.857. The van der Waals surface area contributed by atoms with Crippen LogP contribution < -0.4 is 4.72 Å². The van der Waals surface area contributed by atoms with Gasteiger partial charge in [-0.05, 0) is 25.2 Å². The summed E-state index contributed by atoms with van der Waals surface area (Å²) in [5.74, 6) is 0.584. The molecule has 1 aliphatic carbocycles. The molecule has 0 amide bonds. The van der Waals surface area contributed by atoms with E-state index in [1.807, 2.05) is 0 Å². The van der Waals surface area contributed by atoms with Crippen LogP contribution in [0.4, 0.5) is 0 Å². The maximum atomic E-state index is 11.3. The summed E-state index contributed by atoms with van der Waals surface area (Å²) < 4.78 is 14.3. The Bertz CT molecular complexity index is 197. The van der Waals surface area contributed by atoms with Gasteiger partial charge >= 0.3 is 0 Å². The van der Waals surface area contributed by atoms with Crippen molar-refractivity contribution in [3.05, 3.63) is 12.3 Å². The summed E-state index contributed by atoms with van der Waals surface area (Å²) in [6.45, 7) is 8.10. The van der Waals surface area contributed by atoms with Gasteiger partial charge in [0, 0.05) is 5.70 Å². The average molecular weight is 187 g/mol. The van der Waals surface area contributed by atoms with Gasteiger partial charge in [0.1, 0.15) is 11.0 Å². The van der Waals surface area contributed by atoms with Crippen molar-refractivity contribution in [3.8, 4) is 0 Å². The smallest absolute Gasteiger partial charge is 0.120 e. The van der Waals surface area contributed by atoms with E-state index in [1.165, 1.54) is 0 Å². The van der Waals surface area contributed by atoms with Gasteiger partial charge in [-0.2, -0.15) is 0 Å². The molecule has 1 unspecified atom stereocenters. The highest BCUT2D eigenvalue weighted by molar-refractivity contribution is 7.84. The van der Waals surface area contributed by atoms with Crippen LogP contribution >= 0.6 is 0 Å². The first-order chi connectivity index (χ1) is 5.59. The summed E-state index contributed by atoms with van der Waals surface area (Å²) in [6.07, 6.45) is 3.13. The van der Waals surface area contributed by atoms with Crippen LogP contribution in [0.1, 0.15) is 33.1 Å². The summed E-state index contributed by atoms with van der Waals surface area (Å²) in [6, 6.07) is 0. The molecular formula is C9H17NOS. The third-order valence-electron chi connectivity index (χ3n) is 1.73. The summed E-state index contributed by atoms with van der Waals surface area (Å²) >= 11 is 0. The molecule has 1 N–H and O–H groups in total. The molecule has 0 heterocycles. The molecule has 1 saturated carbocycles. The topological polar surface area (TPSA) is 29.1 Å². The molecule has 0 spiro atoms. The Morgan fingerprint density at radius 1 is 1.67 bits per heavy atom. The second kappa shape index (κ2) is 4.08. The maximum absolute atomic E-state index is 11.3. The lowest BCUT2D eigenvalue weighted by atomic mass is 10.1. The van der Waals surface area contributed by atoms with Crippen molar-refractivity contribution in [3.63, 3.8) is 0 Å². The van der Waals surface area contributed by atoms with Crippen LogP contribution in [0.5, 0.6) is 0 Å². The molecule has 1 rings (SSSR count). The fourth-order valence-electron chi connectivity index (χ4n) is 1.04. The Morgan fingerprint density at radius 2 is 2.25 bits per heavy atom. The van der Waals surface area contributed by atoms with Crippen LogP contribution in [-0.4, -0.2) is 9.46 Å². The minimum absolute atomic E-state index is 0.397. The van der Waals surface area contributed by atoms with Gasteiger partial charge in [0.15, 0.2) is 0 Å². The van der Waals surface area contributed by atoms with Crippen LogP contribution in [0.3, 0.4) is 0 Å². The van der Waals surface area contributed by atoms with Crippen LogP contribution in [0.15, 0.2) is 12.3 Å². The van der Waals surface area contributed by atoms with Gasteiger partial charge in [-0.15, -0.1) is 0 Å². The number of hydrogen-bond acceptors (Lipinski definition) is 1. The second-order valence-corrected chi connectivity index (χ2v) is 5.27. The minimum Gasteiger partial charge on any atom is -0.309 e. The van der Waals surface area contributed by atoms with Crippen molar-refractivity contribution in [2.75, 3.05) is 0 Å². The van der Waals surface area contributed by atoms with Crippen LogP contribution in [-0.2, 0) is 11.0 Å². The van der Waals surface area contributed by atoms with Gasteiger partial charge in [0.05, 0.1) is 5.25 Å². The number of nitrogens with one attached hydrogen (secondary N) is 1. The Labute approximate surface area is 77.0 Å². The van der Waals surface area contributed by atoms with Crippen molar-refractivity contribution < 1.29 is 4.21 Å². The van der Waals surface area contributed by atoms with Gasteiger partial charge in [-0.1, -0.05) is 20.4 Å². The zero-order valence-electron chi connectivity index (χ0n) is 7.80. The lowest BCUT2D eigenvalue weighted by Gasteiger charge is -2.09. The monoisotopic (exact) mass is 187 g/mol. The van der Waals surface area contributed by atoms with E-state index in [0.29, 0.717) is 11.2 Å². The fraction of sp³-hybridized carbons (Fsp3) is 0.778. The van der Waals surface area contributed by atoms with E-state index in [1.54, 1.807) is 0 Å². The zero-order chi connectivity index (χ0) is 9.14. The highest BCUT2D eigenvalue weighted by Gasteiger charge is 2.28. The maximum Gasteiger partial charge on any atom is 0.120 e. The largest absolute Gasteiger partial charge is 0.309 e. The highest BCUT2D eigenvalue weighted by Crippen LogP contribution is 2.25. The molecule has 1 atom stereocenters. The molecule has 12 heavy (non-hydrogen) atoms. The third kappa shape index (κ3) is 3.39. The lowest BCUT2D eigenvalue weighted by Crippen LogP contribution is -2.20. The SMILES string of the molecule is C=C(CC(C)C)NS(=O)C1CC1. The highest BCUT2D eigenvalue weighted by atomic mass is 32.2. The lowest BCUT2D eigenvalue weighted by molar-refractivity contribution is 0.626. The summed E-state index contributed by atoms with van der Waals surface area (Å²) in [5, 5.41) is 0.397. The Morgan fingerprint density at radius 3 is 2.67 bits per heavy atom. The Balaban J connectivity index is 2.20. The van der Waals surface area contributed by atoms with Crippen molar-refractivity contribution in [2.45, 2.75) is 38.4 Å². The molecule has 0 aliphatic heterocycles. The Kier molecular flexibility index (Phi) is 3.32. The van der Waals surface area contributed by atoms with E-state index < -0.39 is 11.0 Å². The van der Waals surface area contributed by atoms with Crippen LogP contribution in [0.2, 0.25) is 0 Å². The Hall–Kier alpha value is -0.310. The zero-order valence-corrected chi connectivity index (χ0v) is 8.62. The summed E-state index contributed by atoms with van der Waals surface area (Å²) in [5.41, 5.74) is 0.912. The molecule has 0 aromatic carbocycles. The molecule has 70 valence electrons. The minimum atomic E-state index is -0.857. The van der Waals surface area contributed by atoms with Crippen molar-refractivity contribution >= 4 is 11.0 Å². The molecule has 0 bridgehead atoms. The average Bonchev–Trinajstić information content (AvgIpc) is 2.63. The van der Waals surface area contributed by atoms with E-state index in [4.69, 9.17) is 0 Å². The molecule has 1 aliphatic rings. The predicted octanol–water partition coefficient (Wildman–Crippen LogP) is 1.96. The van der Waals surface area contributed by atoms with Crippen molar-refractivity contribution in [2.24, 2.45) is 5.92 Å². The molecular weight excluding hydrogens is 170 g/mol. The number of allylic oxidation sites excluding steroid dienone is 1. The summed E-state index contributed by atoms with van der Waals surface area (Å²) in [4.78, 5) is 0. The van der Waals surface area contributed by atoms with Crippen LogP contribution in [0.25, 0.3) is 0 Å². The third-order valence-corrected chi connectivity index (χ3v) is 3.29. The first kappa shape index (κ1) is 9.78. The van der Waals surface area contributed by atoms with Gasteiger partial charge in [-0.25, -0.2) is 4.21 Å². The van der Waals surface area contributed by atoms with Gasteiger partial charge in [-0.3, -0.25) is 0 Å². The molecule has 0 radical (unpaired) electrons. The van der Waals surface area contributed by atoms with Crippen molar-refractivity contribution in [1.29, 1.82) is 0 Å². The number of hydrogen-bond donors (Lipinski definition) is 1. The van der Waals surface area contributed by atoms with E-state index in [2.05, 4.69) is 25.1 Å². The van der Waals surface area contributed by atoms with Gasteiger partial charge in [0.25, 0.3) is 0 Å². The van der Waals surface area contributed by atoms with E-state index in [-0.39, 0.29) is 0 Å². The quantitative estimate of drug-likeness (QED) is 0.700. The van der Waals surface area contributed by atoms with E-state index in [0.717, 1.165) is 25.0 Å².